The summed E-state index contributed by atoms with van der Waals surface area (Å²) in [4.78, 5) is 0. The summed E-state index contributed by atoms with van der Waals surface area (Å²) in [6, 6.07) is 14.5. The van der Waals surface area contributed by atoms with Crippen LogP contribution in [0.25, 0.3) is 10.8 Å². The van der Waals surface area contributed by atoms with Gasteiger partial charge in [0.25, 0.3) is 0 Å². The SMILES string of the molecule is Cc1cc(C)c(Cc2cc(C)c(Cc3cc(C)c4c(F)c(C)c(F)cc4c3)c(C)c2)c(C)c1. The largest absolute Gasteiger partial charge is 0.207 e. The van der Waals surface area contributed by atoms with Crippen LogP contribution in [-0.2, 0) is 12.8 Å². The van der Waals surface area contributed by atoms with Gasteiger partial charge in [0.05, 0.1) is 0 Å². The van der Waals surface area contributed by atoms with E-state index in [1.54, 1.807) is 0 Å². The topological polar surface area (TPSA) is 0 Å². The summed E-state index contributed by atoms with van der Waals surface area (Å²) in [7, 11) is 0. The Kier molecular flexibility index (Phi) is 6.14. The monoisotopic (exact) mass is 442 g/mol. The molecule has 4 aromatic carbocycles. The summed E-state index contributed by atoms with van der Waals surface area (Å²) in [5.41, 5.74) is 12.5. The lowest BCUT2D eigenvalue weighted by molar-refractivity contribution is 0.576. The van der Waals surface area contributed by atoms with E-state index in [4.69, 9.17) is 0 Å². The van der Waals surface area contributed by atoms with Crippen LogP contribution in [-0.4, -0.2) is 0 Å². The Morgan fingerprint density at radius 2 is 1.00 bits per heavy atom. The zero-order valence-corrected chi connectivity index (χ0v) is 20.7. The minimum Gasteiger partial charge on any atom is -0.207 e. The maximum absolute atomic E-state index is 14.7. The Morgan fingerprint density at radius 3 is 1.55 bits per heavy atom. The molecule has 0 heterocycles. The maximum atomic E-state index is 14.7. The van der Waals surface area contributed by atoms with E-state index in [-0.39, 0.29) is 5.56 Å². The molecule has 0 aromatic heterocycles. The summed E-state index contributed by atoms with van der Waals surface area (Å²) in [6.45, 7) is 14.3. The molecular weight excluding hydrogens is 410 g/mol. The zero-order valence-electron chi connectivity index (χ0n) is 20.7. The van der Waals surface area contributed by atoms with Crippen molar-refractivity contribution < 1.29 is 8.78 Å². The molecule has 0 fully saturated rings. The van der Waals surface area contributed by atoms with Gasteiger partial charge in [-0.15, -0.1) is 0 Å². The van der Waals surface area contributed by atoms with Crippen molar-refractivity contribution in [2.45, 2.75) is 61.3 Å². The van der Waals surface area contributed by atoms with E-state index in [0.717, 1.165) is 24.0 Å². The molecule has 33 heavy (non-hydrogen) atoms. The molecule has 0 bridgehead atoms. The van der Waals surface area contributed by atoms with Gasteiger partial charge in [-0.2, -0.15) is 0 Å². The van der Waals surface area contributed by atoms with Crippen LogP contribution in [0.3, 0.4) is 0 Å². The Morgan fingerprint density at radius 1 is 0.545 bits per heavy atom. The molecule has 0 unspecified atom stereocenters. The summed E-state index contributed by atoms with van der Waals surface area (Å²) in [6.07, 6.45) is 1.67. The molecule has 0 amide bonds. The van der Waals surface area contributed by atoms with E-state index < -0.39 is 11.6 Å². The minimum absolute atomic E-state index is 0.0830. The summed E-state index contributed by atoms with van der Waals surface area (Å²) in [5, 5.41) is 1.15. The van der Waals surface area contributed by atoms with E-state index >= 15 is 0 Å². The summed E-state index contributed by atoms with van der Waals surface area (Å²) >= 11 is 0. The fourth-order valence-electron chi connectivity index (χ4n) is 5.31. The lowest BCUT2D eigenvalue weighted by Crippen LogP contribution is -2.02. The van der Waals surface area contributed by atoms with Gasteiger partial charge in [-0.25, -0.2) is 8.78 Å². The molecule has 0 saturated carbocycles. The maximum Gasteiger partial charge on any atom is 0.137 e. The van der Waals surface area contributed by atoms with Crippen molar-refractivity contribution in [1.82, 2.24) is 0 Å². The molecule has 4 rings (SSSR count). The van der Waals surface area contributed by atoms with Gasteiger partial charge in [0.15, 0.2) is 0 Å². The second-order valence-corrected chi connectivity index (χ2v) is 9.75. The minimum atomic E-state index is -0.491. The van der Waals surface area contributed by atoms with Crippen molar-refractivity contribution in [2.24, 2.45) is 0 Å². The molecule has 0 spiro atoms. The first-order valence-electron chi connectivity index (χ1n) is 11.6. The lowest BCUT2D eigenvalue weighted by atomic mass is 9.89. The van der Waals surface area contributed by atoms with Crippen LogP contribution < -0.4 is 0 Å². The van der Waals surface area contributed by atoms with Gasteiger partial charge in [-0.3, -0.25) is 0 Å². The summed E-state index contributed by atoms with van der Waals surface area (Å²) < 4.78 is 28.9. The van der Waals surface area contributed by atoms with Crippen molar-refractivity contribution >= 4 is 10.8 Å². The predicted molar refractivity (Wildman–Crippen MR) is 136 cm³/mol. The molecule has 0 atom stereocenters. The van der Waals surface area contributed by atoms with Gasteiger partial charge < -0.3 is 0 Å². The second kappa shape index (κ2) is 8.74. The number of rotatable bonds is 4. The van der Waals surface area contributed by atoms with E-state index in [0.29, 0.717) is 10.8 Å². The molecule has 0 radical (unpaired) electrons. The highest BCUT2D eigenvalue weighted by molar-refractivity contribution is 5.88. The number of hydrogen-bond donors (Lipinski definition) is 0. The second-order valence-electron chi connectivity index (χ2n) is 9.75. The molecule has 170 valence electrons. The van der Waals surface area contributed by atoms with Crippen molar-refractivity contribution in [2.75, 3.05) is 0 Å². The molecule has 4 aromatic rings. The Labute approximate surface area is 196 Å². The highest BCUT2D eigenvalue weighted by atomic mass is 19.1. The van der Waals surface area contributed by atoms with Crippen LogP contribution in [0, 0.1) is 60.1 Å². The van der Waals surface area contributed by atoms with Crippen molar-refractivity contribution in [1.29, 1.82) is 0 Å². The van der Waals surface area contributed by atoms with E-state index in [1.807, 2.05) is 19.1 Å². The lowest BCUT2D eigenvalue weighted by Gasteiger charge is -2.17. The third-order valence-corrected chi connectivity index (χ3v) is 6.97. The molecular formula is C31H32F2. The molecule has 0 aliphatic carbocycles. The van der Waals surface area contributed by atoms with E-state index in [9.17, 15) is 8.78 Å². The van der Waals surface area contributed by atoms with Crippen molar-refractivity contribution in [3.63, 3.8) is 0 Å². The normalized spacial score (nSPS) is 11.4. The Bertz CT molecular complexity index is 1350. The van der Waals surface area contributed by atoms with E-state index in [2.05, 4.69) is 58.9 Å². The summed E-state index contributed by atoms with van der Waals surface area (Å²) in [5.74, 6) is -0.942. The Hall–Kier alpha value is -3.00. The number of halogens is 2. The first-order valence-corrected chi connectivity index (χ1v) is 11.6. The van der Waals surface area contributed by atoms with Crippen LogP contribution >= 0.6 is 0 Å². The fourth-order valence-corrected chi connectivity index (χ4v) is 5.31. The van der Waals surface area contributed by atoms with Gasteiger partial charge in [-0.05, 0) is 123 Å². The van der Waals surface area contributed by atoms with Crippen LogP contribution in [0.5, 0.6) is 0 Å². The molecule has 0 aliphatic rings. The van der Waals surface area contributed by atoms with Crippen LogP contribution in [0.1, 0.15) is 61.2 Å². The molecule has 0 saturated heterocycles. The van der Waals surface area contributed by atoms with Gasteiger partial charge >= 0.3 is 0 Å². The molecule has 0 nitrogen and oxygen atoms in total. The third kappa shape index (κ3) is 4.44. The predicted octanol–water partition coefficient (Wildman–Crippen LogP) is 8.46. The Balaban J connectivity index is 1.69. The first kappa shape index (κ1) is 23.2. The van der Waals surface area contributed by atoms with Crippen LogP contribution in [0.15, 0.2) is 42.5 Å². The first-order chi connectivity index (χ1) is 15.5. The molecule has 0 N–H and O–H groups in total. The van der Waals surface area contributed by atoms with Crippen molar-refractivity contribution in [3.8, 4) is 0 Å². The number of benzene rings is 4. The van der Waals surface area contributed by atoms with Crippen LogP contribution in [0.2, 0.25) is 0 Å². The average Bonchev–Trinajstić information content (AvgIpc) is 2.71. The third-order valence-electron chi connectivity index (χ3n) is 6.97. The number of fused-ring (bicyclic) bond motifs is 1. The van der Waals surface area contributed by atoms with Gasteiger partial charge in [0.1, 0.15) is 11.6 Å². The van der Waals surface area contributed by atoms with Gasteiger partial charge in [0.2, 0.25) is 0 Å². The smallest absolute Gasteiger partial charge is 0.137 e. The number of aryl methyl sites for hydroxylation is 6. The fraction of sp³-hybridized carbons (Fsp3) is 0.290. The number of hydrogen-bond acceptors (Lipinski definition) is 0. The van der Waals surface area contributed by atoms with E-state index in [1.165, 1.54) is 57.5 Å². The highest BCUT2D eigenvalue weighted by Crippen LogP contribution is 2.30. The van der Waals surface area contributed by atoms with Gasteiger partial charge in [0, 0.05) is 10.9 Å². The zero-order chi connectivity index (χ0) is 24.0. The average molecular weight is 443 g/mol. The standard InChI is InChI=1S/C31H32F2/c1-17-8-18(2)27(19(3)9-17)14-24-10-20(4)28(21(5)11-24)15-25-12-22(6)30-26(13-25)16-29(32)23(7)31(30)33/h8-13,16H,14-15H2,1-7H3. The van der Waals surface area contributed by atoms with Crippen molar-refractivity contribution in [3.05, 3.63) is 115 Å². The highest BCUT2D eigenvalue weighted by Gasteiger charge is 2.15. The van der Waals surface area contributed by atoms with Gasteiger partial charge in [-0.1, -0.05) is 42.0 Å². The molecule has 0 aliphatic heterocycles. The van der Waals surface area contributed by atoms with Crippen LogP contribution in [0.4, 0.5) is 8.78 Å². The molecule has 2 heteroatoms. The quantitative estimate of drug-likeness (QED) is 0.297.